The van der Waals surface area contributed by atoms with Gasteiger partial charge in [-0.15, -0.1) is 0 Å². The van der Waals surface area contributed by atoms with E-state index in [1.54, 1.807) is 0 Å². The Morgan fingerprint density at radius 3 is 2.30 bits per heavy atom. The van der Waals surface area contributed by atoms with E-state index in [-0.39, 0.29) is 12.5 Å². The Morgan fingerprint density at radius 1 is 1.10 bits per heavy atom. The predicted molar refractivity (Wildman–Crippen MR) is 78.6 cm³/mol. The molecule has 3 N–H and O–H groups in total. The summed E-state index contributed by atoms with van der Waals surface area (Å²) < 4.78 is 0. The predicted octanol–water partition coefficient (Wildman–Crippen LogP) is 2.76. The molecule has 0 aromatic rings. The first-order valence-electron chi connectivity index (χ1n) is 7.70. The second-order valence-electron chi connectivity index (χ2n) is 6.18. The smallest absolute Gasteiger partial charge is 0.314 e. The molecule has 2 amide bonds. The fourth-order valence-corrected chi connectivity index (χ4v) is 2.39. The van der Waals surface area contributed by atoms with Crippen LogP contribution in [0.15, 0.2) is 0 Å². The summed E-state index contributed by atoms with van der Waals surface area (Å²) in [5, 5.41) is 14.3. The molecule has 0 aromatic carbocycles. The zero-order chi connectivity index (χ0) is 15.0. The van der Waals surface area contributed by atoms with Crippen molar-refractivity contribution in [3.63, 3.8) is 0 Å². The average molecular weight is 284 g/mol. The van der Waals surface area contributed by atoms with Crippen LogP contribution in [0.2, 0.25) is 0 Å². The van der Waals surface area contributed by atoms with Gasteiger partial charge in [-0.1, -0.05) is 26.7 Å². The first-order chi connectivity index (χ1) is 9.46. The molecule has 0 atom stereocenters. The van der Waals surface area contributed by atoms with E-state index in [0.29, 0.717) is 17.9 Å². The number of carboxylic acids is 1. The minimum absolute atomic E-state index is 0.0811. The Balaban J connectivity index is 1.94. The Morgan fingerprint density at radius 2 is 1.75 bits per heavy atom. The van der Waals surface area contributed by atoms with E-state index in [9.17, 15) is 9.59 Å². The number of carbonyl (C=O) groups is 2. The minimum atomic E-state index is -0.735. The molecule has 0 spiro atoms. The molecule has 1 rings (SSSR count). The molecule has 20 heavy (non-hydrogen) atoms. The summed E-state index contributed by atoms with van der Waals surface area (Å²) in [5.41, 5.74) is 0.341. The first kappa shape index (κ1) is 16.8. The summed E-state index contributed by atoms with van der Waals surface area (Å²) in [5.74, 6) is -0.112. The van der Waals surface area contributed by atoms with Crippen molar-refractivity contribution < 1.29 is 14.7 Å². The Kier molecular flexibility index (Phi) is 6.82. The lowest BCUT2D eigenvalue weighted by atomic mass is 9.92. The summed E-state index contributed by atoms with van der Waals surface area (Å²) in [6.07, 6.45) is 6.17. The van der Waals surface area contributed by atoms with Crippen molar-refractivity contribution in [3.8, 4) is 0 Å². The van der Waals surface area contributed by atoms with Crippen molar-refractivity contribution in [1.29, 1.82) is 0 Å². The van der Waals surface area contributed by atoms with Gasteiger partial charge in [0.1, 0.15) is 0 Å². The van der Waals surface area contributed by atoms with Crippen LogP contribution in [0.25, 0.3) is 0 Å². The second kappa shape index (κ2) is 8.12. The Hall–Kier alpha value is -1.26. The molecule has 116 valence electrons. The van der Waals surface area contributed by atoms with Gasteiger partial charge in [0.2, 0.25) is 0 Å². The molecule has 1 aliphatic carbocycles. The van der Waals surface area contributed by atoms with Crippen molar-refractivity contribution in [2.75, 3.05) is 13.1 Å². The number of carboxylic acid groups (broad SMARTS) is 1. The lowest BCUT2D eigenvalue weighted by Crippen LogP contribution is -2.40. The third-order valence-electron chi connectivity index (χ3n) is 4.32. The number of hydrogen-bond donors (Lipinski definition) is 3. The molecular formula is C15H28N2O3. The van der Waals surface area contributed by atoms with Crippen molar-refractivity contribution in [1.82, 2.24) is 10.6 Å². The van der Waals surface area contributed by atoms with E-state index >= 15 is 0 Å². The number of aliphatic carboxylic acids is 1. The SMILES string of the molecule is CC(C)C1(CNC(=O)NCCCCCCC(=O)O)CC1. The molecule has 1 saturated carbocycles. The second-order valence-corrected chi connectivity index (χ2v) is 6.18. The monoisotopic (exact) mass is 284 g/mol. The van der Waals surface area contributed by atoms with E-state index in [4.69, 9.17) is 5.11 Å². The maximum absolute atomic E-state index is 11.6. The molecule has 1 fully saturated rings. The molecule has 0 saturated heterocycles. The maximum atomic E-state index is 11.6. The number of hydrogen-bond acceptors (Lipinski definition) is 2. The molecule has 0 unspecified atom stereocenters. The van der Waals surface area contributed by atoms with Gasteiger partial charge in [0, 0.05) is 19.5 Å². The van der Waals surface area contributed by atoms with Crippen LogP contribution in [0, 0.1) is 11.3 Å². The van der Waals surface area contributed by atoms with Crippen LogP contribution in [0.1, 0.15) is 58.8 Å². The number of amides is 2. The molecule has 0 heterocycles. The fourth-order valence-electron chi connectivity index (χ4n) is 2.39. The lowest BCUT2D eigenvalue weighted by molar-refractivity contribution is -0.137. The van der Waals surface area contributed by atoms with Crippen molar-refractivity contribution >= 4 is 12.0 Å². The van der Waals surface area contributed by atoms with Gasteiger partial charge >= 0.3 is 12.0 Å². The number of nitrogens with one attached hydrogen (secondary N) is 2. The van der Waals surface area contributed by atoms with E-state index in [1.807, 2.05) is 0 Å². The van der Waals surface area contributed by atoms with Gasteiger partial charge < -0.3 is 15.7 Å². The van der Waals surface area contributed by atoms with Crippen LogP contribution in [0.3, 0.4) is 0 Å². The number of unbranched alkanes of at least 4 members (excludes halogenated alkanes) is 3. The number of carbonyl (C=O) groups excluding carboxylic acids is 1. The zero-order valence-corrected chi connectivity index (χ0v) is 12.7. The van der Waals surface area contributed by atoms with Gasteiger partial charge in [0.05, 0.1) is 0 Å². The average Bonchev–Trinajstić information content (AvgIpc) is 3.16. The summed E-state index contributed by atoms with van der Waals surface area (Å²) in [6.45, 7) is 5.86. The number of urea groups is 1. The number of rotatable bonds is 10. The van der Waals surface area contributed by atoms with Crippen LogP contribution in [0.5, 0.6) is 0 Å². The Bertz CT molecular complexity index is 325. The normalized spacial score (nSPS) is 15.9. The highest BCUT2D eigenvalue weighted by molar-refractivity contribution is 5.73. The summed E-state index contributed by atoms with van der Waals surface area (Å²) in [4.78, 5) is 21.9. The highest BCUT2D eigenvalue weighted by Crippen LogP contribution is 2.51. The highest BCUT2D eigenvalue weighted by atomic mass is 16.4. The van der Waals surface area contributed by atoms with Gasteiger partial charge in [-0.2, -0.15) is 0 Å². The lowest BCUT2D eigenvalue weighted by Gasteiger charge is -2.20. The van der Waals surface area contributed by atoms with Crippen LogP contribution in [-0.2, 0) is 4.79 Å². The van der Waals surface area contributed by atoms with Crippen LogP contribution >= 0.6 is 0 Å². The Labute approximate surface area is 121 Å². The van der Waals surface area contributed by atoms with Gasteiger partial charge in [-0.25, -0.2) is 4.79 Å². The molecule has 1 aliphatic rings. The minimum Gasteiger partial charge on any atom is -0.481 e. The van der Waals surface area contributed by atoms with Gasteiger partial charge in [-0.3, -0.25) is 4.79 Å². The van der Waals surface area contributed by atoms with E-state index in [1.165, 1.54) is 12.8 Å². The molecule has 5 heteroatoms. The van der Waals surface area contributed by atoms with Crippen molar-refractivity contribution in [3.05, 3.63) is 0 Å². The van der Waals surface area contributed by atoms with Gasteiger partial charge in [0.25, 0.3) is 0 Å². The van der Waals surface area contributed by atoms with Crippen LogP contribution in [-0.4, -0.2) is 30.2 Å². The summed E-state index contributed by atoms with van der Waals surface area (Å²) in [6, 6.07) is -0.0811. The maximum Gasteiger partial charge on any atom is 0.314 e. The molecular weight excluding hydrogens is 256 g/mol. The first-order valence-corrected chi connectivity index (χ1v) is 7.70. The zero-order valence-electron chi connectivity index (χ0n) is 12.7. The topological polar surface area (TPSA) is 78.4 Å². The van der Waals surface area contributed by atoms with E-state index in [2.05, 4.69) is 24.5 Å². The summed E-state index contributed by atoms with van der Waals surface area (Å²) in [7, 11) is 0. The van der Waals surface area contributed by atoms with Crippen molar-refractivity contribution in [2.24, 2.45) is 11.3 Å². The molecule has 0 aliphatic heterocycles. The third-order valence-corrected chi connectivity index (χ3v) is 4.32. The fraction of sp³-hybridized carbons (Fsp3) is 0.867. The van der Waals surface area contributed by atoms with E-state index in [0.717, 1.165) is 32.2 Å². The van der Waals surface area contributed by atoms with Crippen LogP contribution in [0.4, 0.5) is 4.79 Å². The largest absolute Gasteiger partial charge is 0.481 e. The van der Waals surface area contributed by atoms with Gasteiger partial charge in [-0.05, 0) is 37.0 Å². The summed E-state index contributed by atoms with van der Waals surface area (Å²) >= 11 is 0. The molecule has 5 nitrogen and oxygen atoms in total. The van der Waals surface area contributed by atoms with Crippen LogP contribution < -0.4 is 10.6 Å². The quantitative estimate of drug-likeness (QED) is 0.540. The third kappa shape index (κ3) is 6.26. The standard InChI is InChI=1S/C15H28N2O3/c1-12(2)15(8-9-15)11-17-14(20)16-10-6-4-3-5-7-13(18)19/h12H,3-11H2,1-2H3,(H,18,19)(H2,16,17,20). The van der Waals surface area contributed by atoms with E-state index < -0.39 is 5.97 Å². The molecule has 0 aromatic heterocycles. The van der Waals surface area contributed by atoms with Crippen molar-refractivity contribution in [2.45, 2.75) is 58.8 Å². The molecule has 0 radical (unpaired) electrons. The highest BCUT2D eigenvalue weighted by Gasteiger charge is 2.45. The van der Waals surface area contributed by atoms with Gasteiger partial charge in [0.15, 0.2) is 0 Å². The molecule has 0 bridgehead atoms.